The highest BCUT2D eigenvalue weighted by molar-refractivity contribution is 5.52. The average Bonchev–Trinajstić information content (AvgIpc) is 2.68. The lowest BCUT2D eigenvalue weighted by atomic mass is 10.2. The van der Waals surface area contributed by atoms with Crippen molar-refractivity contribution >= 4 is 0 Å². The molecule has 2 heterocycles. The first kappa shape index (κ1) is 8.83. The van der Waals surface area contributed by atoms with Crippen LogP contribution in [0.2, 0.25) is 0 Å². The van der Waals surface area contributed by atoms with Crippen molar-refractivity contribution in [3.8, 4) is 11.4 Å². The molecule has 0 bridgehead atoms. The second-order valence-corrected chi connectivity index (χ2v) is 2.72. The van der Waals surface area contributed by atoms with E-state index >= 15 is 0 Å². The van der Waals surface area contributed by atoms with Crippen LogP contribution in [-0.4, -0.2) is 26.8 Å². The highest BCUT2D eigenvalue weighted by atomic mass is 16.5. The Hall–Kier alpha value is -1.75. The highest BCUT2D eigenvalue weighted by Gasteiger charge is 2.06. The van der Waals surface area contributed by atoms with Gasteiger partial charge in [0.2, 0.25) is 11.7 Å². The third-order valence-corrected chi connectivity index (χ3v) is 1.73. The molecule has 0 amide bonds. The molecule has 0 aliphatic carbocycles. The summed E-state index contributed by atoms with van der Waals surface area (Å²) in [5.41, 5.74) is 0.855. The zero-order valence-corrected chi connectivity index (χ0v) is 7.42. The van der Waals surface area contributed by atoms with Gasteiger partial charge in [-0.3, -0.25) is 4.98 Å². The van der Waals surface area contributed by atoms with Gasteiger partial charge in [-0.25, -0.2) is 0 Å². The molecule has 0 aliphatic heterocycles. The first-order valence-electron chi connectivity index (χ1n) is 4.24. The van der Waals surface area contributed by atoms with Crippen LogP contribution in [0.5, 0.6) is 0 Å². The summed E-state index contributed by atoms with van der Waals surface area (Å²) in [5.74, 6) is 0.968. The normalized spacial score (nSPS) is 10.4. The Bertz CT molecular complexity index is 399. The Balaban J connectivity index is 2.25. The van der Waals surface area contributed by atoms with Crippen LogP contribution in [0.3, 0.4) is 0 Å². The Morgan fingerprint density at radius 2 is 2.07 bits per heavy atom. The number of aromatic nitrogens is 3. The van der Waals surface area contributed by atoms with E-state index in [1.165, 1.54) is 0 Å². The summed E-state index contributed by atoms with van der Waals surface area (Å²) in [6.07, 6.45) is 3.72. The van der Waals surface area contributed by atoms with Gasteiger partial charge < -0.3 is 9.63 Å². The largest absolute Gasteiger partial charge is 0.396 e. The van der Waals surface area contributed by atoms with E-state index in [1.54, 1.807) is 24.5 Å². The number of hydrogen-bond donors (Lipinski definition) is 1. The maximum atomic E-state index is 8.66. The van der Waals surface area contributed by atoms with Crippen molar-refractivity contribution in [2.45, 2.75) is 6.42 Å². The lowest BCUT2D eigenvalue weighted by Crippen LogP contribution is -1.90. The quantitative estimate of drug-likeness (QED) is 0.771. The Labute approximate surface area is 80.4 Å². The van der Waals surface area contributed by atoms with Gasteiger partial charge in [-0.15, -0.1) is 0 Å². The monoisotopic (exact) mass is 191 g/mol. The van der Waals surface area contributed by atoms with Crippen LogP contribution in [-0.2, 0) is 6.42 Å². The molecular formula is C9H9N3O2. The van der Waals surface area contributed by atoms with E-state index in [0.29, 0.717) is 18.1 Å². The van der Waals surface area contributed by atoms with E-state index in [1.807, 2.05) is 0 Å². The molecule has 0 radical (unpaired) electrons. The third kappa shape index (κ3) is 1.77. The molecule has 5 nitrogen and oxygen atoms in total. The molecule has 2 aromatic rings. The number of rotatable bonds is 3. The second kappa shape index (κ2) is 3.97. The van der Waals surface area contributed by atoms with Gasteiger partial charge in [0, 0.05) is 18.0 Å². The average molecular weight is 191 g/mol. The number of aliphatic hydroxyl groups is 1. The SMILES string of the molecule is OCCc1nc(-c2ccncc2)no1. The van der Waals surface area contributed by atoms with Gasteiger partial charge in [0.15, 0.2) is 0 Å². The van der Waals surface area contributed by atoms with Gasteiger partial charge in [-0.1, -0.05) is 5.16 Å². The summed E-state index contributed by atoms with van der Waals surface area (Å²) in [7, 11) is 0. The predicted molar refractivity (Wildman–Crippen MR) is 48.3 cm³/mol. The van der Waals surface area contributed by atoms with Gasteiger partial charge in [0.25, 0.3) is 0 Å². The summed E-state index contributed by atoms with van der Waals surface area (Å²) in [4.78, 5) is 7.99. The van der Waals surface area contributed by atoms with Gasteiger partial charge in [0.1, 0.15) is 0 Å². The van der Waals surface area contributed by atoms with Gasteiger partial charge in [-0.05, 0) is 12.1 Å². The summed E-state index contributed by atoms with van der Waals surface area (Å²) < 4.78 is 4.92. The molecule has 5 heteroatoms. The Morgan fingerprint density at radius 1 is 1.29 bits per heavy atom. The van der Waals surface area contributed by atoms with E-state index in [-0.39, 0.29) is 6.61 Å². The van der Waals surface area contributed by atoms with Gasteiger partial charge in [0.05, 0.1) is 13.0 Å². The van der Waals surface area contributed by atoms with Gasteiger partial charge in [-0.2, -0.15) is 4.98 Å². The molecule has 2 rings (SSSR count). The van der Waals surface area contributed by atoms with E-state index in [2.05, 4.69) is 15.1 Å². The topological polar surface area (TPSA) is 72.0 Å². The van der Waals surface area contributed by atoms with Crippen LogP contribution in [0.4, 0.5) is 0 Å². The number of nitrogens with zero attached hydrogens (tertiary/aromatic N) is 3. The van der Waals surface area contributed by atoms with E-state index in [9.17, 15) is 0 Å². The fourth-order valence-corrected chi connectivity index (χ4v) is 1.07. The molecule has 14 heavy (non-hydrogen) atoms. The zero-order chi connectivity index (χ0) is 9.80. The number of aliphatic hydroxyl groups excluding tert-OH is 1. The molecular weight excluding hydrogens is 182 g/mol. The lowest BCUT2D eigenvalue weighted by molar-refractivity contribution is 0.274. The van der Waals surface area contributed by atoms with Crippen LogP contribution in [0.1, 0.15) is 5.89 Å². The highest BCUT2D eigenvalue weighted by Crippen LogP contribution is 2.13. The lowest BCUT2D eigenvalue weighted by Gasteiger charge is -1.89. The maximum absolute atomic E-state index is 8.66. The van der Waals surface area contributed by atoms with Crippen molar-refractivity contribution in [1.82, 2.24) is 15.1 Å². The Kier molecular flexibility index (Phi) is 2.51. The molecule has 0 spiro atoms. The number of pyridine rings is 1. The van der Waals surface area contributed by atoms with Crippen molar-refractivity contribution in [2.24, 2.45) is 0 Å². The number of hydrogen-bond acceptors (Lipinski definition) is 5. The van der Waals surface area contributed by atoms with Crippen LogP contribution in [0.25, 0.3) is 11.4 Å². The molecule has 0 fully saturated rings. The van der Waals surface area contributed by atoms with Crippen LogP contribution >= 0.6 is 0 Å². The molecule has 72 valence electrons. The van der Waals surface area contributed by atoms with E-state index in [0.717, 1.165) is 5.56 Å². The summed E-state index contributed by atoms with van der Waals surface area (Å²) in [6.45, 7) is 0.0119. The first-order chi connectivity index (χ1) is 6.90. The minimum atomic E-state index is 0.0119. The van der Waals surface area contributed by atoms with Crippen LogP contribution < -0.4 is 0 Å². The summed E-state index contributed by atoms with van der Waals surface area (Å²) in [5, 5.41) is 12.4. The van der Waals surface area contributed by atoms with Crippen LogP contribution in [0, 0.1) is 0 Å². The van der Waals surface area contributed by atoms with Crippen molar-refractivity contribution in [1.29, 1.82) is 0 Å². The third-order valence-electron chi connectivity index (χ3n) is 1.73. The fourth-order valence-electron chi connectivity index (χ4n) is 1.07. The molecule has 0 saturated carbocycles. The first-order valence-corrected chi connectivity index (χ1v) is 4.24. The molecule has 0 saturated heterocycles. The van der Waals surface area contributed by atoms with Crippen molar-refractivity contribution in [3.05, 3.63) is 30.4 Å². The minimum Gasteiger partial charge on any atom is -0.396 e. The van der Waals surface area contributed by atoms with Crippen LogP contribution in [0.15, 0.2) is 29.0 Å². The van der Waals surface area contributed by atoms with Gasteiger partial charge >= 0.3 is 0 Å². The summed E-state index contributed by atoms with van der Waals surface area (Å²) >= 11 is 0. The van der Waals surface area contributed by atoms with Crippen molar-refractivity contribution in [3.63, 3.8) is 0 Å². The molecule has 1 N–H and O–H groups in total. The summed E-state index contributed by atoms with van der Waals surface area (Å²) in [6, 6.07) is 3.60. The fraction of sp³-hybridized carbons (Fsp3) is 0.222. The molecule has 0 unspecified atom stereocenters. The maximum Gasteiger partial charge on any atom is 0.229 e. The van der Waals surface area contributed by atoms with Crippen molar-refractivity contribution < 1.29 is 9.63 Å². The Morgan fingerprint density at radius 3 is 2.79 bits per heavy atom. The standard InChI is InChI=1S/C9H9N3O2/c13-6-3-8-11-9(12-14-8)7-1-4-10-5-2-7/h1-2,4-5,13H,3,6H2. The smallest absolute Gasteiger partial charge is 0.229 e. The molecule has 0 aliphatic rings. The second-order valence-electron chi connectivity index (χ2n) is 2.72. The molecule has 2 aromatic heterocycles. The predicted octanol–water partition coefficient (Wildman–Crippen LogP) is 0.666. The molecule has 0 atom stereocenters. The van der Waals surface area contributed by atoms with E-state index < -0.39 is 0 Å². The minimum absolute atomic E-state index is 0.0119. The van der Waals surface area contributed by atoms with E-state index in [4.69, 9.17) is 9.63 Å². The zero-order valence-electron chi connectivity index (χ0n) is 7.42. The molecule has 0 aromatic carbocycles. The van der Waals surface area contributed by atoms with Crippen molar-refractivity contribution in [2.75, 3.05) is 6.61 Å².